The number of aromatic nitrogens is 2. The predicted molar refractivity (Wildman–Crippen MR) is 141 cm³/mol. The first-order chi connectivity index (χ1) is 18.0. The quantitative estimate of drug-likeness (QED) is 0.563. The summed E-state index contributed by atoms with van der Waals surface area (Å²) in [5.41, 5.74) is 4.14. The minimum atomic E-state index is -0.270. The first-order valence-corrected chi connectivity index (χ1v) is 13.0. The van der Waals surface area contributed by atoms with Gasteiger partial charge in [0, 0.05) is 63.0 Å². The average molecular weight is 500 g/mol. The van der Waals surface area contributed by atoms with Gasteiger partial charge in [0.05, 0.1) is 5.92 Å². The van der Waals surface area contributed by atoms with Gasteiger partial charge in [-0.05, 0) is 37.0 Å². The summed E-state index contributed by atoms with van der Waals surface area (Å²) in [6, 6.07) is 19.4. The number of carbonyl (C=O) groups excluding carboxylic acids is 3. The molecule has 0 aliphatic carbocycles. The van der Waals surface area contributed by atoms with Crippen LogP contribution in [-0.4, -0.2) is 56.9 Å². The molecule has 0 saturated carbocycles. The second kappa shape index (κ2) is 11.0. The number of hydrogen-bond acceptors (Lipinski definition) is 4. The summed E-state index contributed by atoms with van der Waals surface area (Å²) < 4.78 is 1.78. The van der Waals surface area contributed by atoms with Crippen molar-refractivity contribution in [1.29, 1.82) is 0 Å². The zero-order chi connectivity index (χ0) is 25.8. The van der Waals surface area contributed by atoms with Crippen LogP contribution >= 0.6 is 0 Å². The standard InChI is InChI=1S/C29H33N5O3/c1-32-25-16-18-33(26(35)15-14-21-9-4-2-5-10-21)20-24(25)27(31-32)29(37)34-17-8-11-22(19-34)28(36)30-23-12-6-3-7-13-23/h2-7,9-10,12-13,22H,8,11,14-20H2,1H3,(H,30,36). The van der Waals surface area contributed by atoms with E-state index in [4.69, 9.17) is 0 Å². The Morgan fingerprint density at radius 1 is 0.973 bits per heavy atom. The van der Waals surface area contributed by atoms with E-state index in [1.54, 1.807) is 9.58 Å². The number of rotatable bonds is 6. The van der Waals surface area contributed by atoms with Gasteiger partial charge in [0.1, 0.15) is 0 Å². The number of nitrogens with one attached hydrogen (secondary N) is 1. The van der Waals surface area contributed by atoms with Crippen molar-refractivity contribution in [2.45, 2.75) is 38.6 Å². The molecule has 3 aromatic rings. The van der Waals surface area contributed by atoms with Crippen LogP contribution in [0, 0.1) is 5.92 Å². The predicted octanol–water partition coefficient (Wildman–Crippen LogP) is 3.43. The van der Waals surface area contributed by atoms with E-state index in [2.05, 4.69) is 10.4 Å². The van der Waals surface area contributed by atoms with Crippen molar-refractivity contribution in [3.63, 3.8) is 0 Å². The van der Waals surface area contributed by atoms with Crippen molar-refractivity contribution in [2.75, 3.05) is 25.0 Å². The van der Waals surface area contributed by atoms with Crippen molar-refractivity contribution in [3.8, 4) is 0 Å². The Morgan fingerprint density at radius 3 is 2.46 bits per heavy atom. The van der Waals surface area contributed by atoms with Crippen LogP contribution in [0.5, 0.6) is 0 Å². The second-order valence-electron chi connectivity index (χ2n) is 9.89. The van der Waals surface area contributed by atoms with E-state index in [9.17, 15) is 14.4 Å². The number of carbonyl (C=O) groups is 3. The third-order valence-corrected chi connectivity index (χ3v) is 7.39. The summed E-state index contributed by atoms with van der Waals surface area (Å²) in [4.78, 5) is 43.1. The normalized spacial score (nSPS) is 17.3. The topological polar surface area (TPSA) is 87.5 Å². The molecule has 8 nitrogen and oxygen atoms in total. The summed E-state index contributed by atoms with van der Waals surface area (Å²) >= 11 is 0. The van der Waals surface area contributed by atoms with Gasteiger partial charge in [-0.15, -0.1) is 0 Å². The van der Waals surface area contributed by atoms with Crippen LogP contribution in [-0.2, 0) is 36.0 Å². The van der Waals surface area contributed by atoms with Crippen LogP contribution in [0.2, 0.25) is 0 Å². The molecule has 192 valence electrons. The van der Waals surface area contributed by atoms with E-state index in [1.165, 1.54) is 0 Å². The Bertz CT molecular complexity index is 1270. The Kier molecular flexibility index (Phi) is 7.35. The summed E-state index contributed by atoms with van der Waals surface area (Å²) in [6.45, 7) is 1.98. The van der Waals surface area contributed by atoms with Crippen LogP contribution in [0.1, 0.15) is 46.6 Å². The van der Waals surface area contributed by atoms with Crippen LogP contribution in [0.4, 0.5) is 5.69 Å². The second-order valence-corrected chi connectivity index (χ2v) is 9.89. The highest BCUT2D eigenvalue weighted by Gasteiger charge is 2.34. The lowest BCUT2D eigenvalue weighted by atomic mass is 9.96. The van der Waals surface area contributed by atoms with Crippen molar-refractivity contribution in [1.82, 2.24) is 19.6 Å². The zero-order valence-corrected chi connectivity index (χ0v) is 21.2. The van der Waals surface area contributed by atoms with Gasteiger partial charge in [-0.3, -0.25) is 19.1 Å². The maximum Gasteiger partial charge on any atom is 0.274 e. The van der Waals surface area contributed by atoms with Crippen molar-refractivity contribution in [3.05, 3.63) is 83.2 Å². The van der Waals surface area contributed by atoms with Crippen LogP contribution in [0.15, 0.2) is 60.7 Å². The van der Waals surface area contributed by atoms with E-state index in [1.807, 2.05) is 72.6 Å². The summed E-state index contributed by atoms with van der Waals surface area (Å²) in [6.07, 6.45) is 3.31. The Balaban J connectivity index is 1.25. The number of aryl methyl sites for hydroxylation is 2. The number of anilines is 1. The lowest BCUT2D eigenvalue weighted by molar-refractivity contribution is -0.132. The summed E-state index contributed by atoms with van der Waals surface area (Å²) in [7, 11) is 1.86. The molecule has 1 unspecified atom stereocenters. The van der Waals surface area contributed by atoms with Gasteiger partial charge >= 0.3 is 0 Å². The Morgan fingerprint density at radius 2 is 1.70 bits per heavy atom. The van der Waals surface area contributed by atoms with Gasteiger partial charge in [0.2, 0.25) is 11.8 Å². The number of fused-ring (bicyclic) bond motifs is 1. The Labute approximate surface area is 217 Å². The fourth-order valence-electron chi connectivity index (χ4n) is 5.32. The molecule has 1 saturated heterocycles. The fourth-order valence-corrected chi connectivity index (χ4v) is 5.32. The minimum absolute atomic E-state index is 0.0677. The van der Waals surface area contributed by atoms with Crippen molar-refractivity contribution < 1.29 is 14.4 Å². The molecule has 2 aromatic carbocycles. The molecule has 0 spiro atoms. The smallest absolute Gasteiger partial charge is 0.274 e. The first-order valence-electron chi connectivity index (χ1n) is 13.0. The molecule has 1 fully saturated rings. The van der Waals surface area contributed by atoms with E-state index in [0.29, 0.717) is 51.1 Å². The largest absolute Gasteiger partial charge is 0.338 e. The van der Waals surface area contributed by atoms with E-state index >= 15 is 0 Å². The van der Waals surface area contributed by atoms with Gasteiger partial charge in [-0.1, -0.05) is 48.5 Å². The molecule has 37 heavy (non-hydrogen) atoms. The number of piperidine rings is 1. The van der Waals surface area contributed by atoms with Gasteiger partial charge in [0.15, 0.2) is 5.69 Å². The molecule has 3 amide bonds. The SMILES string of the molecule is Cn1nc(C(=O)N2CCCC(C(=O)Nc3ccccc3)C2)c2c1CCN(C(=O)CCc1ccccc1)C2. The molecule has 8 heteroatoms. The fraction of sp³-hybridized carbons (Fsp3) is 0.379. The Hall–Kier alpha value is -3.94. The lowest BCUT2D eigenvalue weighted by Crippen LogP contribution is -2.44. The third-order valence-electron chi connectivity index (χ3n) is 7.39. The number of likely N-dealkylation sites (tertiary alicyclic amines) is 1. The van der Waals surface area contributed by atoms with E-state index in [-0.39, 0.29) is 23.6 Å². The van der Waals surface area contributed by atoms with Gasteiger partial charge < -0.3 is 15.1 Å². The van der Waals surface area contributed by atoms with Crippen LogP contribution < -0.4 is 5.32 Å². The average Bonchev–Trinajstić information content (AvgIpc) is 3.28. The van der Waals surface area contributed by atoms with Crippen molar-refractivity contribution in [2.24, 2.45) is 13.0 Å². The molecule has 1 atom stereocenters. The molecule has 0 bridgehead atoms. The molecule has 3 heterocycles. The van der Waals surface area contributed by atoms with E-state index < -0.39 is 0 Å². The highest BCUT2D eigenvalue weighted by Crippen LogP contribution is 2.26. The van der Waals surface area contributed by atoms with Crippen LogP contribution in [0.3, 0.4) is 0 Å². The van der Waals surface area contributed by atoms with Crippen molar-refractivity contribution >= 4 is 23.4 Å². The molecule has 5 rings (SSSR count). The molecule has 1 N–H and O–H groups in total. The number of benzene rings is 2. The number of para-hydroxylation sites is 1. The molecule has 0 radical (unpaired) electrons. The molecular formula is C29H33N5O3. The number of nitrogens with zero attached hydrogens (tertiary/aromatic N) is 4. The highest BCUT2D eigenvalue weighted by atomic mass is 16.2. The first kappa shape index (κ1) is 24.7. The van der Waals surface area contributed by atoms with Crippen LogP contribution in [0.25, 0.3) is 0 Å². The van der Waals surface area contributed by atoms with Gasteiger partial charge in [-0.25, -0.2) is 0 Å². The van der Waals surface area contributed by atoms with E-state index in [0.717, 1.165) is 35.3 Å². The highest BCUT2D eigenvalue weighted by molar-refractivity contribution is 5.96. The maximum atomic E-state index is 13.6. The minimum Gasteiger partial charge on any atom is -0.338 e. The zero-order valence-electron chi connectivity index (χ0n) is 21.2. The molecule has 2 aliphatic heterocycles. The summed E-state index contributed by atoms with van der Waals surface area (Å²) in [5.74, 6) is -0.407. The molecule has 1 aromatic heterocycles. The molecule has 2 aliphatic rings. The number of amides is 3. The maximum absolute atomic E-state index is 13.6. The third kappa shape index (κ3) is 5.58. The monoisotopic (exact) mass is 499 g/mol. The molecular weight excluding hydrogens is 466 g/mol. The number of hydrogen-bond donors (Lipinski definition) is 1. The van der Waals surface area contributed by atoms with Gasteiger partial charge in [-0.2, -0.15) is 5.10 Å². The summed E-state index contributed by atoms with van der Waals surface area (Å²) in [5, 5.41) is 7.55. The lowest BCUT2D eigenvalue weighted by Gasteiger charge is -2.32. The van der Waals surface area contributed by atoms with Gasteiger partial charge in [0.25, 0.3) is 5.91 Å².